The van der Waals surface area contributed by atoms with Crippen molar-refractivity contribution in [2.75, 3.05) is 5.32 Å². The maximum absolute atomic E-state index is 13.4. The van der Waals surface area contributed by atoms with Crippen LogP contribution in [0, 0.1) is 5.82 Å². The van der Waals surface area contributed by atoms with Gasteiger partial charge < -0.3 is 10.3 Å². The summed E-state index contributed by atoms with van der Waals surface area (Å²) in [6.45, 7) is 1.84. The average Bonchev–Trinajstić information content (AvgIpc) is 2.93. The van der Waals surface area contributed by atoms with E-state index < -0.39 is 0 Å². The van der Waals surface area contributed by atoms with Gasteiger partial charge in [-0.25, -0.2) is 4.39 Å². The molecule has 0 unspecified atom stereocenters. The third-order valence-corrected chi connectivity index (χ3v) is 2.63. The Morgan fingerprint density at radius 3 is 2.74 bits per heavy atom. The van der Waals surface area contributed by atoms with E-state index in [1.165, 1.54) is 6.07 Å². The number of benzene rings is 1. The van der Waals surface area contributed by atoms with E-state index >= 15 is 0 Å². The Bertz CT molecular complexity index is 592. The smallest absolute Gasteiger partial charge is 0.191 e. The van der Waals surface area contributed by atoms with Gasteiger partial charge in [0.1, 0.15) is 5.82 Å². The molecular formula is C13H13FN4S. The van der Waals surface area contributed by atoms with E-state index in [1.807, 2.05) is 25.3 Å². The topological polar surface area (TPSA) is 52.2 Å². The van der Waals surface area contributed by atoms with Crippen molar-refractivity contribution in [1.29, 1.82) is 0 Å². The molecule has 0 fully saturated rings. The lowest BCUT2D eigenvalue weighted by atomic mass is 10.3. The summed E-state index contributed by atoms with van der Waals surface area (Å²) in [6.07, 6.45) is 1.81. The molecular weight excluding hydrogens is 263 g/mol. The summed E-state index contributed by atoms with van der Waals surface area (Å²) in [5, 5.41) is 7.07. The molecule has 98 valence electrons. The van der Waals surface area contributed by atoms with Crippen molar-refractivity contribution >= 4 is 28.7 Å². The molecule has 1 aromatic heterocycles. The normalized spacial score (nSPS) is 11.2. The van der Waals surface area contributed by atoms with Crippen LogP contribution in [-0.4, -0.2) is 15.8 Å². The number of nitrogens with zero attached hydrogens (tertiary/aromatic N) is 1. The fraction of sp³-hybridized carbons (Fsp3) is 0.0769. The van der Waals surface area contributed by atoms with Gasteiger partial charge in [-0.2, -0.15) is 5.10 Å². The van der Waals surface area contributed by atoms with Gasteiger partial charge in [0.15, 0.2) is 5.11 Å². The van der Waals surface area contributed by atoms with Gasteiger partial charge in [-0.05, 0) is 43.4 Å². The zero-order chi connectivity index (χ0) is 13.7. The van der Waals surface area contributed by atoms with Crippen molar-refractivity contribution in [2.24, 2.45) is 5.10 Å². The molecule has 0 aliphatic heterocycles. The fourth-order valence-electron chi connectivity index (χ4n) is 1.46. The number of hydrazone groups is 1. The summed E-state index contributed by atoms with van der Waals surface area (Å²) in [7, 11) is 0. The molecule has 19 heavy (non-hydrogen) atoms. The zero-order valence-corrected chi connectivity index (χ0v) is 11.1. The first-order chi connectivity index (χ1) is 9.16. The lowest BCUT2D eigenvalue weighted by molar-refractivity contribution is 0.632. The van der Waals surface area contributed by atoms with Crippen LogP contribution in [-0.2, 0) is 0 Å². The standard InChI is InChI=1S/C13H13FN4S/c1-9(11-7-4-8-15-11)17-18-13(19)16-12-6-3-2-5-10(12)14/h2-8,15H,1H3,(H2,16,18,19)/b17-9+. The van der Waals surface area contributed by atoms with Crippen LogP contribution in [0.1, 0.15) is 12.6 Å². The Morgan fingerprint density at radius 2 is 2.05 bits per heavy atom. The molecule has 0 spiro atoms. The van der Waals surface area contributed by atoms with Gasteiger partial charge in [0, 0.05) is 6.20 Å². The number of nitrogens with one attached hydrogen (secondary N) is 3. The minimum Gasteiger partial charge on any atom is -0.360 e. The summed E-state index contributed by atoms with van der Waals surface area (Å²) in [4.78, 5) is 3.02. The number of hydrogen-bond donors (Lipinski definition) is 3. The SMILES string of the molecule is C/C(=N\NC(=S)Nc1ccccc1F)c1ccc[nH]1. The highest BCUT2D eigenvalue weighted by Crippen LogP contribution is 2.11. The maximum Gasteiger partial charge on any atom is 0.191 e. The third-order valence-electron chi connectivity index (χ3n) is 2.43. The largest absolute Gasteiger partial charge is 0.360 e. The van der Waals surface area contributed by atoms with Crippen LogP contribution in [0.3, 0.4) is 0 Å². The van der Waals surface area contributed by atoms with Gasteiger partial charge in [0.05, 0.1) is 17.1 Å². The maximum atomic E-state index is 13.4. The molecule has 0 aliphatic rings. The monoisotopic (exact) mass is 276 g/mol. The molecule has 3 N–H and O–H groups in total. The van der Waals surface area contributed by atoms with Crippen molar-refractivity contribution in [2.45, 2.75) is 6.92 Å². The number of H-pyrrole nitrogens is 1. The highest BCUT2D eigenvalue weighted by atomic mass is 32.1. The van der Waals surface area contributed by atoms with Crippen molar-refractivity contribution in [3.8, 4) is 0 Å². The highest BCUT2D eigenvalue weighted by Gasteiger charge is 2.02. The van der Waals surface area contributed by atoms with E-state index in [0.717, 1.165) is 11.4 Å². The number of aromatic nitrogens is 1. The Hall–Kier alpha value is -2.21. The van der Waals surface area contributed by atoms with Crippen LogP contribution in [0.25, 0.3) is 0 Å². The summed E-state index contributed by atoms with van der Waals surface area (Å²) >= 11 is 5.04. The lowest BCUT2D eigenvalue weighted by Crippen LogP contribution is -2.25. The first-order valence-corrected chi connectivity index (χ1v) is 6.07. The van der Waals surface area contributed by atoms with Crippen LogP contribution in [0.4, 0.5) is 10.1 Å². The molecule has 0 atom stereocenters. The van der Waals surface area contributed by atoms with Crippen LogP contribution in [0.15, 0.2) is 47.7 Å². The average molecular weight is 276 g/mol. The number of rotatable bonds is 3. The van der Waals surface area contributed by atoms with Crippen LogP contribution >= 0.6 is 12.2 Å². The Balaban J connectivity index is 1.96. The fourth-order valence-corrected chi connectivity index (χ4v) is 1.62. The minimum atomic E-state index is -0.364. The predicted molar refractivity (Wildman–Crippen MR) is 78.8 cm³/mol. The Morgan fingerprint density at radius 1 is 1.26 bits per heavy atom. The van der Waals surface area contributed by atoms with Gasteiger partial charge in [-0.15, -0.1) is 0 Å². The number of anilines is 1. The second kappa shape index (κ2) is 6.10. The molecule has 0 radical (unpaired) electrons. The molecule has 0 amide bonds. The summed E-state index contributed by atoms with van der Waals surface area (Å²) in [5.41, 5.74) is 4.62. The molecule has 1 heterocycles. The molecule has 2 rings (SSSR count). The molecule has 6 heteroatoms. The molecule has 0 aliphatic carbocycles. The number of halogens is 1. The van der Waals surface area contributed by atoms with E-state index in [-0.39, 0.29) is 10.9 Å². The van der Waals surface area contributed by atoms with E-state index in [0.29, 0.717) is 5.69 Å². The second-order valence-corrected chi connectivity index (χ2v) is 4.24. The number of hydrogen-bond acceptors (Lipinski definition) is 2. The van der Waals surface area contributed by atoms with Crippen LogP contribution < -0.4 is 10.7 Å². The van der Waals surface area contributed by atoms with Crippen molar-refractivity contribution < 1.29 is 4.39 Å². The number of thiocarbonyl (C=S) groups is 1. The van der Waals surface area contributed by atoms with Gasteiger partial charge in [-0.1, -0.05) is 12.1 Å². The van der Waals surface area contributed by atoms with Crippen molar-refractivity contribution in [3.05, 3.63) is 54.1 Å². The summed E-state index contributed by atoms with van der Waals surface area (Å²) in [6, 6.07) is 10.1. The molecule has 1 aromatic carbocycles. The summed E-state index contributed by atoms with van der Waals surface area (Å²) < 4.78 is 13.4. The van der Waals surface area contributed by atoms with Gasteiger partial charge in [-0.3, -0.25) is 5.43 Å². The van der Waals surface area contributed by atoms with Crippen LogP contribution in [0.5, 0.6) is 0 Å². The third kappa shape index (κ3) is 3.62. The van der Waals surface area contributed by atoms with Crippen molar-refractivity contribution in [3.63, 3.8) is 0 Å². The van der Waals surface area contributed by atoms with Crippen LogP contribution in [0.2, 0.25) is 0 Å². The van der Waals surface area contributed by atoms with Gasteiger partial charge in [0.25, 0.3) is 0 Å². The number of aromatic amines is 1. The highest BCUT2D eigenvalue weighted by molar-refractivity contribution is 7.80. The first kappa shape index (κ1) is 13.2. The van der Waals surface area contributed by atoms with Crippen molar-refractivity contribution in [1.82, 2.24) is 10.4 Å². The Labute approximate surface area is 115 Å². The van der Waals surface area contributed by atoms with Gasteiger partial charge in [0.2, 0.25) is 0 Å². The minimum absolute atomic E-state index is 0.232. The lowest BCUT2D eigenvalue weighted by Gasteiger charge is -2.08. The first-order valence-electron chi connectivity index (χ1n) is 5.66. The molecule has 0 bridgehead atoms. The molecule has 0 saturated carbocycles. The van der Waals surface area contributed by atoms with E-state index in [1.54, 1.807) is 18.2 Å². The second-order valence-electron chi connectivity index (χ2n) is 3.83. The van der Waals surface area contributed by atoms with E-state index in [9.17, 15) is 4.39 Å². The molecule has 4 nitrogen and oxygen atoms in total. The Kier molecular flexibility index (Phi) is 4.25. The zero-order valence-electron chi connectivity index (χ0n) is 10.3. The predicted octanol–water partition coefficient (Wildman–Crippen LogP) is 2.86. The summed E-state index contributed by atoms with van der Waals surface area (Å²) in [5.74, 6) is -0.364. The van der Waals surface area contributed by atoms with E-state index in [4.69, 9.17) is 12.2 Å². The molecule has 0 saturated heterocycles. The number of para-hydroxylation sites is 1. The quantitative estimate of drug-likeness (QED) is 0.459. The van der Waals surface area contributed by atoms with E-state index in [2.05, 4.69) is 20.8 Å². The molecule has 2 aromatic rings. The van der Waals surface area contributed by atoms with Gasteiger partial charge >= 0.3 is 0 Å².